The van der Waals surface area contributed by atoms with Gasteiger partial charge in [-0.1, -0.05) is 6.07 Å². The van der Waals surface area contributed by atoms with E-state index in [0.29, 0.717) is 5.69 Å². The van der Waals surface area contributed by atoms with Crippen LogP contribution in [0.2, 0.25) is 0 Å². The van der Waals surface area contributed by atoms with Crippen LogP contribution in [0.15, 0.2) is 47.5 Å². The van der Waals surface area contributed by atoms with Gasteiger partial charge in [-0.25, -0.2) is 13.6 Å². The van der Waals surface area contributed by atoms with Crippen LogP contribution in [-0.2, 0) is 22.7 Å². The molecule has 0 fully saturated rings. The zero-order chi connectivity index (χ0) is 16.4. The van der Waals surface area contributed by atoms with Crippen molar-refractivity contribution in [1.29, 1.82) is 0 Å². The smallest absolute Gasteiger partial charge is 0.379 e. The van der Waals surface area contributed by atoms with Gasteiger partial charge in [-0.2, -0.15) is 13.2 Å². The van der Waals surface area contributed by atoms with E-state index in [0.717, 1.165) is 6.07 Å². The predicted octanol–water partition coefficient (Wildman–Crippen LogP) is 2.36. The number of halogens is 3. The Morgan fingerprint density at radius 2 is 1.91 bits per heavy atom. The SMILES string of the molecule is NS(=O)(=O)c1cccc(NCc2ncccc2C(F)(F)F)c1. The molecule has 0 saturated carbocycles. The van der Waals surface area contributed by atoms with Gasteiger partial charge < -0.3 is 5.32 Å². The number of nitrogens with one attached hydrogen (secondary N) is 1. The second-order valence-corrected chi connectivity index (χ2v) is 5.98. The second kappa shape index (κ2) is 5.93. The Bertz CT molecular complexity index is 776. The van der Waals surface area contributed by atoms with Gasteiger partial charge in [0.25, 0.3) is 0 Å². The van der Waals surface area contributed by atoms with Crippen molar-refractivity contribution in [3.63, 3.8) is 0 Å². The van der Waals surface area contributed by atoms with Gasteiger partial charge in [0, 0.05) is 11.9 Å². The summed E-state index contributed by atoms with van der Waals surface area (Å²) < 4.78 is 61.0. The number of anilines is 1. The fraction of sp³-hybridized carbons (Fsp3) is 0.154. The number of hydrogen-bond acceptors (Lipinski definition) is 4. The number of nitrogens with zero attached hydrogens (tertiary/aromatic N) is 1. The van der Waals surface area contributed by atoms with Gasteiger partial charge in [-0.3, -0.25) is 4.98 Å². The van der Waals surface area contributed by atoms with E-state index < -0.39 is 21.8 Å². The number of nitrogens with two attached hydrogens (primary N) is 1. The molecule has 0 aliphatic rings. The summed E-state index contributed by atoms with van der Waals surface area (Å²) in [5.74, 6) is 0. The Hall–Kier alpha value is -2.13. The molecule has 2 aromatic rings. The Morgan fingerprint density at radius 1 is 1.18 bits per heavy atom. The molecular formula is C13H12F3N3O2S. The molecule has 0 spiro atoms. The number of benzene rings is 1. The molecular weight excluding hydrogens is 319 g/mol. The summed E-state index contributed by atoms with van der Waals surface area (Å²) in [7, 11) is -3.88. The molecule has 0 saturated heterocycles. The van der Waals surface area contributed by atoms with E-state index in [2.05, 4.69) is 10.3 Å². The van der Waals surface area contributed by atoms with Crippen LogP contribution >= 0.6 is 0 Å². The molecule has 3 N–H and O–H groups in total. The number of primary sulfonamides is 1. The van der Waals surface area contributed by atoms with Crippen molar-refractivity contribution in [2.45, 2.75) is 17.6 Å². The first-order valence-electron chi connectivity index (χ1n) is 6.06. The summed E-state index contributed by atoms with van der Waals surface area (Å²) in [5.41, 5.74) is -0.702. The normalized spacial score (nSPS) is 12.2. The molecule has 5 nitrogen and oxygen atoms in total. The van der Waals surface area contributed by atoms with Crippen LogP contribution in [-0.4, -0.2) is 13.4 Å². The first-order chi connectivity index (χ1) is 10.2. The van der Waals surface area contributed by atoms with Gasteiger partial charge in [0.05, 0.1) is 22.7 Å². The van der Waals surface area contributed by atoms with Gasteiger partial charge in [-0.15, -0.1) is 0 Å². The molecule has 0 amide bonds. The third-order valence-electron chi connectivity index (χ3n) is 2.82. The second-order valence-electron chi connectivity index (χ2n) is 4.42. The van der Waals surface area contributed by atoms with Crippen LogP contribution in [0.5, 0.6) is 0 Å². The van der Waals surface area contributed by atoms with E-state index in [1.807, 2.05) is 0 Å². The van der Waals surface area contributed by atoms with Crippen molar-refractivity contribution in [2.75, 3.05) is 5.32 Å². The Kier molecular flexibility index (Phi) is 4.38. The lowest BCUT2D eigenvalue weighted by Gasteiger charge is -2.13. The quantitative estimate of drug-likeness (QED) is 0.901. The number of hydrogen-bond donors (Lipinski definition) is 2. The maximum Gasteiger partial charge on any atom is 0.418 e. The highest BCUT2D eigenvalue weighted by Crippen LogP contribution is 2.31. The summed E-state index contributed by atoms with van der Waals surface area (Å²) in [6, 6.07) is 7.63. The van der Waals surface area contributed by atoms with Gasteiger partial charge in [0.2, 0.25) is 10.0 Å². The van der Waals surface area contributed by atoms with E-state index in [-0.39, 0.29) is 17.1 Å². The van der Waals surface area contributed by atoms with E-state index in [4.69, 9.17) is 5.14 Å². The molecule has 1 aromatic heterocycles. The molecule has 0 bridgehead atoms. The lowest BCUT2D eigenvalue weighted by atomic mass is 10.2. The molecule has 1 aromatic carbocycles. The molecule has 0 radical (unpaired) electrons. The average molecular weight is 331 g/mol. The molecule has 0 aliphatic carbocycles. The van der Waals surface area contributed by atoms with E-state index in [1.54, 1.807) is 0 Å². The third-order valence-corrected chi connectivity index (χ3v) is 3.73. The Morgan fingerprint density at radius 3 is 2.55 bits per heavy atom. The highest BCUT2D eigenvalue weighted by molar-refractivity contribution is 7.89. The molecule has 2 rings (SSSR count). The molecule has 0 aliphatic heterocycles. The summed E-state index contributed by atoms with van der Waals surface area (Å²) in [5, 5.41) is 7.70. The summed E-state index contributed by atoms with van der Waals surface area (Å²) in [4.78, 5) is 3.58. The van der Waals surface area contributed by atoms with Crippen molar-refractivity contribution >= 4 is 15.7 Å². The highest BCUT2D eigenvalue weighted by Gasteiger charge is 2.33. The number of aromatic nitrogens is 1. The first-order valence-corrected chi connectivity index (χ1v) is 7.60. The van der Waals surface area contributed by atoms with Crippen LogP contribution in [0.4, 0.5) is 18.9 Å². The predicted molar refractivity (Wildman–Crippen MR) is 74.4 cm³/mol. The average Bonchev–Trinajstić information content (AvgIpc) is 2.44. The Labute approximate surface area is 125 Å². The third kappa shape index (κ3) is 3.95. The zero-order valence-electron chi connectivity index (χ0n) is 11.1. The van der Waals surface area contributed by atoms with Crippen LogP contribution in [0.1, 0.15) is 11.3 Å². The number of sulfonamides is 1. The number of rotatable bonds is 4. The minimum absolute atomic E-state index is 0.130. The highest BCUT2D eigenvalue weighted by atomic mass is 32.2. The minimum atomic E-state index is -4.51. The number of alkyl halides is 3. The fourth-order valence-electron chi connectivity index (χ4n) is 1.81. The topological polar surface area (TPSA) is 85.1 Å². The van der Waals surface area contributed by atoms with Crippen molar-refractivity contribution in [2.24, 2.45) is 5.14 Å². The molecule has 0 atom stereocenters. The van der Waals surface area contributed by atoms with E-state index in [9.17, 15) is 21.6 Å². The van der Waals surface area contributed by atoms with Gasteiger partial charge in [0.15, 0.2) is 0 Å². The standard InChI is InChI=1S/C13H12F3N3O2S/c14-13(15,16)11-5-2-6-18-12(11)8-19-9-3-1-4-10(7-9)22(17,20)21/h1-7,19H,8H2,(H2,17,20,21). The molecule has 22 heavy (non-hydrogen) atoms. The summed E-state index contributed by atoms with van der Waals surface area (Å²) in [6.45, 7) is -0.205. The fourth-order valence-corrected chi connectivity index (χ4v) is 2.37. The Balaban J connectivity index is 2.22. The summed E-state index contributed by atoms with van der Waals surface area (Å²) >= 11 is 0. The lowest BCUT2D eigenvalue weighted by Crippen LogP contribution is -2.14. The first kappa shape index (κ1) is 16.2. The van der Waals surface area contributed by atoms with Crippen LogP contribution in [0.25, 0.3) is 0 Å². The van der Waals surface area contributed by atoms with Gasteiger partial charge in [0.1, 0.15) is 0 Å². The maximum atomic E-state index is 12.8. The van der Waals surface area contributed by atoms with E-state index in [1.165, 1.54) is 36.5 Å². The molecule has 0 unspecified atom stereocenters. The molecule has 1 heterocycles. The maximum absolute atomic E-state index is 12.8. The number of pyridine rings is 1. The van der Waals surface area contributed by atoms with Gasteiger partial charge in [-0.05, 0) is 30.3 Å². The summed E-state index contributed by atoms with van der Waals surface area (Å²) in [6.07, 6.45) is -3.25. The van der Waals surface area contributed by atoms with Crippen molar-refractivity contribution in [3.05, 3.63) is 53.9 Å². The largest absolute Gasteiger partial charge is 0.418 e. The zero-order valence-corrected chi connectivity index (χ0v) is 11.9. The molecule has 118 valence electrons. The van der Waals surface area contributed by atoms with E-state index >= 15 is 0 Å². The van der Waals surface area contributed by atoms with Crippen LogP contribution < -0.4 is 10.5 Å². The van der Waals surface area contributed by atoms with Crippen molar-refractivity contribution < 1.29 is 21.6 Å². The monoisotopic (exact) mass is 331 g/mol. The lowest BCUT2D eigenvalue weighted by molar-refractivity contribution is -0.138. The molecule has 9 heteroatoms. The van der Waals surface area contributed by atoms with Gasteiger partial charge >= 0.3 is 6.18 Å². The minimum Gasteiger partial charge on any atom is -0.379 e. The van der Waals surface area contributed by atoms with Crippen LogP contribution in [0.3, 0.4) is 0 Å². The van der Waals surface area contributed by atoms with Crippen molar-refractivity contribution in [1.82, 2.24) is 4.98 Å². The van der Waals surface area contributed by atoms with Crippen LogP contribution in [0, 0.1) is 0 Å². The van der Waals surface area contributed by atoms with Crippen molar-refractivity contribution in [3.8, 4) is 0 Å².